The van der Waals surface area contributed by atoms with E-state index in [9.17, 15) is 14.4 Å². The van der Waals surface area contributed by atoms with E-state index in [4.69, 9.17) is 65.8 Å². The number of aryl methyl sites for hydroxylation is 1. The van der Waals surface area contributed by atoms with Crippen LogP contribution in [0.4, 0.5) is 34.1 Å². The molecule has 6 saturated heterocycles. The van der Waals surface area contributed by atoms with E-state index in [0.29, 0.717) is 62.8 Å². The summed E-state index contributed by atoms with van der Waals surface area (Å²) in [6, 6.07) is 70.9. The summed E-state index contributed by atoms with van der Waals surface area (Å²) in [6.45, 7) is 28.2. The van der Waals surface area contributed by atoms with Gasteiger partial charge in [0.25, 0.3) is 0 Å². The third-order valence-corrected chi connectivity index (χ3v) is 29.1. The number of ether oxygens (including phenoxy) is 9. The average molecular weight is 2090 g/mol. The van der Waals surface area contributed by atoms with E-state index >= 15 is 0 Å². The van der Waals surface area contributed by atoms with Gasteiger partial charge in [0, 0.05) is 134 Å². The van der Waals surface area contributed by atoms with Crippen LogP contribution in [0.1, 0.15) is 108 Å². The number of halogens is 3. The zero-order valence-corrected chi connectivity index (χ0v) is 85.9. The summed E-state index contributed by atoms with van der Waals surface area (Å²) >= 11 is 16.0. The molecule has 36 nitrogen and oxygen atoms in total. The molecule has 9 aromatic carbocycles. The Morgan fingerprint density at radius 2 is 0.582 bits per heavy atom. The van der Waals surface area contributed by atoms with Gasteiger partial charge in [-0.3, -0.25) is 0 Å². The Labute approximate surface area is 864 Å². The molecule has 6 aliphatic heterocycles. The third kappa shape index (κ3) is 23.2. The fourth-order valence-electron chi connectivity index (χ4n) is 18.8. The lowest BCUT2D eigenvalue weighted by atomic mass is 10.0. The Morgan fingerprint density at radius 1 is 0.329 bits per heavy atom. The van der Waals surface area contributed by atoms with Crippen LogP contribution in [0.5, 0.6) is 17.2 Å². The molecule has 9 atom stereocenters. The minimum absolute atomic E-state index is 0.0647. The monoisotopic (exact) mass is 2080 g/mol. The molecule has 9 unspecified atom stereocenters. The minimum atomic E-state index is -1.13. The van der Waals surface area contributed by atoms with Crippen molar-refractivity contribution in [3.05, 3.63) is 337 Å². The lowest BCUT2D eigenvalue weighted by molar-refractivity contribution is -0.192. The molecule has 39 heteroatoms. The van der Waals surface area contributed by atoms with Crippen LogP contribution in [-0.4, -0.2) is 225 Å². The summed E-state index contributed by atoms with van der Waals surface area (Å²) in [7, 11) is 0. The van der Waals surface area contributed by atoms with Crippen molar-refractivity contribution in [1.29, 1.82) is 0 Å². The van der Waals surface area contributed by atoms with E-state index in [0.717, 1.165) is 188 Å². The second kappa shape index (κ2) is 45.9. The number of anilines is 6. The molecule has 0 aliphatic carbocycles. The number of rotatable bonds is 34. The largest absolute Gasteiger partial charge is 0.491 e. The van der Waals surface area contributed by atoms with Gasteiger partial charge in [-0.2, -0.15) is 60.3 Å². The average Bonchev–Trinajstić information content (AvgIpc) is 1.63. The van der Waals surface area contributed by atoms with Gasteiger partial charge in [-0.25, -0.2) is 42.1 Å². The predicted octanol–water partition coefficient (Wildman–Crippen LogP) is 15.4. The van der Waals surface area contributed by atoms with E-state index < -0.39 is 17.4 Å². The molecule has 6 fully saturated rings. The Hall–Kier alpha value is -13.8. The fraction of sp³-hybridized carbons (Fsp3) is 0.383. The van der Waals surface area contributed by atoms with Gasteiger partial charge in [-0.15, -0.1) is 0 Å². The highest BCUT2D eigenvalue weighted by Gasteiger charge is 2.48. The smallest absolute Gasteiger partial charge is 0.350 e. The summed E-state index contributed by atoms with van der Waals surface area (Å²) in [4.78, 5) is 57.4. The third-order valence-electron chi connectivity index (χ3n) is 27.8. The number of hydrogen-bond donors (Lipinski definition) is 0. The lowest BCUT2D eigenvalue weighted by Gasteiger charge is -2.37. The van der Waals surface area contributed by atoms with Crippen molar-refractivity contribution in [3.8, 4) is 34.3 Å². The van der Waals surface area contributed by atoms with Gasteiger partial charge in [0.15, 0.2) is 0 Å². The predicted molar refractivity (Wildman–Crippen MR) is 562 cm³/mol. The summed E-state index contributed by atoms with van der Waals surface area (Å²) in [5, 5.41) is 39.3. The maximum atomic E-state index is 12.8. The zero-order valence-electron chi connectivity index (χ0n) is 82.8. The molecule has 0 amide bonds. The molecule has 146 heavy (non-hydrogen) atoms. The number of nitrogens with zero attached hydrogens (tertiary/aromatic N) is 24. The number of piperazine rings is 3. The van der Waals surface area contributed by atoms with E-state index in [1.807, 2.05) is 131 Å². The van der Waals surface area contributed by atoms with Crippen LogP contribution in [0.25, 0.3) is 17.1 Å². The van der Waals surface area contributed by atoms with Crippen molar-refractivity contribution in [2.45, 2.75) is 148 Å². The maximum Gasteiger partial charge on any atom is 0.350 e. The number of hydrogen-bond acceptors (Lipinski definition) is 27. The fourth-order valence-corrected chi connectivity index (χ4v) is 19.3. The molecule has 12 heterocycles. The van der Waals surface area contributed by atoms with Crippen molar-refractivity contribution in [3.63, 3.8) is 0 Å². The van der Waals surface area contributed by atoms with Gasteiger partial charge in [-0.05, 0) is 222 Å². The van der Waals surface area contributed by atoms with Gasteiger partial charge in [0.1, 0.15) is 94.0 Å². The van der Waals surface area contributed by atoms with E-state index in [1.54, 1.807) is 101 Å². The molecule has 0 bridgehead atoms. The molecule has 762 valence electrons. The van der Waals surface area contributed by atoms with Gasteiger partial charge >= 0.3 is 17.1 Å². The van der Waals surface area contributed by atoms with Crippen molar-refractivity contribution < 1.29 is 42.6 Å². The van der Waals surface area contributed by atoms with Crippen LogP contribution in [0.3, 0.4) is 0 Å². The number of aromatic nitrogens is 18. The first-order valence-corrected chi connectivity index (χ1v) is 51.5. The molecule has 0 saturated carbocycles. The van der Waals surface area contributed by atoms with E-state index in [2.05, 4.69) is 209 Å². The Kier molecular flexibility index (Phi) is 31.7. The standard InChI is InChI=1S/C37H44N8O4.C35H39BrN8O4.C35H38Cl2N8O4/c1-4-28(3)45-36(46)43(27-40-45)33-12-10-31(11-13-33)41-20-22-42(23-21-41)32-14-16-34(17-15-32)47-24-35-25-48-37(49-35,26-44-38-18-19-39-44)30-8-6-29(5-2)7-9-30;1-3-26(2)44-34(45)42(25-39-44)31-10-8-29(9-11-31)40-18-20-41(21-19-40)30-12-14-32(15-13-30)46-22-33-23-47-35(48-33,24-43-37-16-17-38-43)27-4-6-28(36)7-5-27;1-3-25(2)45-34(46)43(24-40-45)29-7-5-27(6-8-29)41-16-18-42(19-17-41)28-9-11-30(12-10-28)47-21-31-22-48-35(49-31,23-44-38-14-15-39-44)26-4-13-32(36)33(37)20-26/h6-19,27-28,35H,4-5,20-26H2,1-3H3;4-17,25-26,33H,3,18-24H2,1-2H3;4-15,20,24-25,31H,3,16-19,21-23H2,1-2H3. The first-order valence-electron chi connectivity index (χ1n) is 49.9. The molecule has 0 radical (unpaired) electrons. The summed E-state index contributed by atoms with van der Waals surface area (Å²) in [5.41, 5.74) is 12.8. The van der Waals surface area contributed by atoms with Gasteiger partial charge in [0.2, 0.25) is 17.4 Å². The molecule has 0 spiro atoms. The lowest BCUT2D eigenvalue weighted by Crippen LogP contribution is -2.46. The van der Waals surface area contributed by atoms with Gasteiger partial charge in [-0.1, -0.05) is 109 Å². The highest BCUT2D eigenvalue weighted by molar-refractivity contribution is 9.10. The van der Waals surface area contributed by atoms with Crippen LogP contribution < -0.4 is 60.7 Å². The maximum absolute atomic E-state index is 12.8. The summed E-state index contributed by atoms with van der Waals surface area (Å²) in [6.07, 6.45) is 17.3. The van der Waals surface area contributed by atoms with Gasteiger partial charge in [0.05, 0.1) is 102 Å². The molecule has 6 aliphatic rings. The Bertz CT molecular complexity index is 6900. The second-order valence-corrected chi connectivity index (χ2v) is 38.8. The summed E-state index contributed by atoms with van der Waals surface area (Å²) < 4.78 is 67.2. The van der Waals surface area contributed by atoms with Crippen molar-refractivity contribution >= 4 is 73.3 Å². The van der Waals surface area contributed by atoms with E-state index in [-0.39, 0.29) is 60.1 Å². The van der Waals surface area contributed by atoms with Crippen molar-refractivity contribution in [1.82, 2.24) is 88.0 Å². The highest BCUT2D eigenvalue weighted by Crippen LogP contribution is 2.42. The molecule has 0 N–H and O–H groups in total. The van der Waals surface area contributed by atoms with Crippen LogP contribution >= 0.6 is 39.1 Å². The normalized spacial score (nSPS) is 20.2. The topological polar surface area (TPSA) is 314 Å². The quantitative estimate of drug-likeness (QED) is 0.0362. The highest BCUT2D eigenvalue weighted by atomic mass is 79.9. The van der Waals surface area contributed by atoms with Crippen molar-refractivity contribution in [2.24, 2.45) is 0 Å². The second-order valence-electron chi connectivity index (χ2n) is 37.1. The zero-order chi connectivity index (χ0) is 101. The molecule has 15 aromatic rings. The van der Waals surface area contributed by atoms with Crippen LogP contribution in [0, 0.1) is 0 Å². The van der Waals surface area contributed by atoms with Gasteiger partial charge < -0.3 is 72.0 Å². The SMILES string of the molecule is CCC(C)n1ncn(-c2ccc(N3CCN(c4ccc(OCC5COC(Cn6nccn6)(c6ccc(Br)cc6)O5)cc4)CC3)cc2)c1=O.CCC(C)n1ncn(-c2ccc(N3CCN(c4ccc(OCC5COC(Cn6nccn6)(c6ccc(Cl)c(Cl)c6)O5)cc4)CC3)cc2)c1=O.CCc1ccc(C2(Cn3nccn3)OCC(COc3ccc(N4CCN(c5ccc(-n6cnn(C(C)CC)c6=O)cc5)CC4)cc3)O2)cc1. The molecular formula is C107H121BrCl2N24O12. The number of benzene rings is 9. The molecular weight excluding hydrogens is 1960 g/mol. The molecule has 21 rings (SSSR count). The first kappa shape index (κ1) is 101. The van der Waals surface area contributed by atoms with E-state index in [1.165, 1.54) is 20.7 Å². The van der Waals surface area contributed by atoms with Crippen LogP contribution in [0.2, 0.25) is 10.0 Å². The van der Waals surface area contributed by atoms with Crippen LogP contribution in [-0.2, 0) is 71.8 Å². The Balaban J connectivity index is 0.000000138. The van der Waals surface area contributed by atoms with Crippen molar-refractivity contribution in [2.75, 3.05) is 148 Å². The summed E-state index contributed by atoms with van der Waals surface area (Å²) in [5.74, 6) is -0.793. The Morgan fingerprint density at radius 3 is 0.849 bits per heavy atom. The first-order chi connectivity index (χ1) is 71.2. The van der Waals surface area contributed by atoms with Crippen LogP contribution in [0.15, 0.2) is 287 Å². The minimum Gasteiger partial charge on any atom is -0.491 e. The molecule has 6 aromatic heterocycles.